The third kappa shape index (κ3) is 6.76. The Kier molecular flexibility index (Phi) is 6.71. The summed E-state index contributed by atoms with van der Waals surface area (Å²) in [7, 11) is 0. The van der Waals surface area contributed by atoms with Gasteiger partial charge in [-0.1, -0.05) is 30.3 Å². The van der Waals surface area contributed by atoms with E-state index in [2.05, 4.69) is 10.6 Å². The molecule has 2 N–H and O–H groups in total. The third-order valence-corrected chi connectivity index (χ3v) is 3.48. The highest BCUT2D eigenvalue weighted by Gasteiger charge is 2.09. The van der Waals surface area contributed by atoms with E-state index in [-0.39, 0.29) is 41.8 Å². The number of amides is 1. The molecular formula is C18H16F2N2O2S. The minimum Gasteiger partial charge on any atom is -0.355 e. The van der Waals surface area contributed by atoms with Crippen LogP contribution in [0.25, 0.3) is 0 Å². The molecule has 0 saturated carbocycles. The number of Topliss-reactive ketones (excluding diaryl/α,β-unsaturated/α-hetero) is 1. The molecule has 130 valence electrons. The molecule has 7 heteroatoms. The molecule has 4 nitrogen and oxygen atoms in total. The van der Waals surface area contributed by atoms with E-state index in [1.807, 2.05) is 30.3 Å². The Bertz CT molecular complexity index is 762. The highest BCUT2D eigenvalue weighted by atomic mass is 32.1. The molecule has 2 aromatic rings. The van der Waals surface area contributed by atoms with Gasteiger partial charge in [0.25, 0.3) is 0 Å². The van der Waals surface area contributed by atoms with Crippen molar-refractivity contribution in [3.05, 3.63) is 71.3 Å². The number of carbonyl (C=O) groups is 2. The van der Waals surface area contributed by atoms with Gasteiger partial charge in [-0.2, -0.15) is 0 Å². The highest BCUT2D eigenvalue weighted by Crippen LogP contribution is 2.08. The number of rotatable bonds is 6. The van der Waals surface area contributed by atoms with E-state index < -0.39 is 11.6 Å². The molecule has 2 aromatic carbocycles. The van der Waals surface area contributed by atoms with E-state index in [0.29, 0.717) is 0 Å². The van der Waals surface area contributed by atoms with Crippen LogP contribution in [0.1, 0.15) is 11.1 Å². The van der Waals surface area contributed by atoms with Crippen molar-refractivity contribution in [1.29, 1.82) is 0 Å². The van der Waals surface area contributed by atoms with E-state index in [4.69, 9.17) is 12.2 Å². The summed E-state index contributed by atoms with van der Waals surface area (Å²) in [5, 5.41) is 5.11. The Morgan fingerprint density at radius 2 is 1.56 bits per heavy atom. The number of hydrogen-bond acceptors (Lipinski definition) is 3. The molecule has 0 radical (unpaired) electrons. The lowest BCUT2D eigenvalue weighted by Gasteiger charge is -2.09. The molecule has 0 unspecified atom stereocenters. The molecule has 0 aliphatic heterocycles. The number of ketones is 1. The number of carbonyl (C=O) groups excluding carboxylic acids is 2. The highest BCUT2D eigenvalue weighted by molar-refractivity contribution is 7.80. The second-order valence-corrected chi connectivity index (χ2v) is 5.79. The van der Waals surface area contributed by atoms with Crippen molar-refractivity contribution in [2.45, 2.75) is 12.8 Å². The van der Waals surface area contributed by atoms with Crippen LogP contribution in [0.4, 0.5) is 8.78 Å². The topological polar surface area (TPSA) is 58.2 Å². The van der Waals surface area contributed by atoms with Crippen LogP contribution in [0.5, 0.6) is 0 Å². The first-order valence-corrected chi connectivity index (χ1v) is 7.91. The van der Waals surface area contributed by atoms with Gasteiger partial charge in [0.1, 0.15) is 11.6 Å². The molecule has 0 spiro atoms. The van der Waals surface area contributed by atoms with Crippen LogP contribution in [0.15, 0.2) is 48.5 Å². The fraction of sp³-hybridized carbons (Fsp3) is 0.167. The van der Waals surface area contributed by atoms with Crippen molar-refractivity contribution in [1.82, 2.24) is 10.6 Å². The van der Waals surface area contributed by atoms with Crippen molar-refractivity contribution in [2.24, 2.45) is 0 Å². The van der Waals surface area contributed by atoms with Gasteiger partial charge in [-0.25, -0.2) is 8.78 Å². The molecule has 1 amide bonds. The maximum absolute atomic E-state index is 13.1. The Hall–Kier alpha value is -2.67. The molecule has 0 saturated heterocycles. The number of halogens is 2. The summed E-state index contributed by atoms with van der Waals surface area (Å²) in [6.45, 7) is -0.150. The second kappa shape index (κ2) is 8.98. The summed E-state index contributed by atoms with van der Waals surface area (Å²) >= 11 is 4.96. The largest absolute Gasteiger partial charge is 0.355 e. The predicted octanol–water partition coefficient (Wildman–Crippen LogP) is 2.31. The Balaban J connectivity index is 1.75. The number of thiocarbonyl (C=S) groups is 1. The smallest absolute Gasteiger partial charge is 0.230 e. The maximum Gasteiger partial charge on any atom is 0.230 e. The van der Waals surface area contributed by atoms with Gasteiger partial charge in [0, 0.05) is 12.5 Å². The zero-order chi connectivity index (χ0) is 18.2. The van der Waals surface area contributed by atoms with Gasteiger partial charge in [0.15, 0.2) is 10.9 Å². The lowest BCUT2D eigenvalue weighted by Crippen LogP contribution is -2.42. The molecule has 0 bridgehead atoms. The Morgan fingerprint density at radius 3 is 2.20 bits per heavy atom. The predicted molar refractivity (Wildman–Crippen MR) is 94.0 cm³/mol. The van der Waals surface area contributed by atoms with E-state index in [1.54, 1.807) is 0 Å². The van der Waals surface area contributed by atoms with Crippen LogP contribution in [0, 0.1) is 11.6 Å². The average Bonchev–Trinajstić information content (AvgIpc) is 2.52. The van der Waals surface area contributed by atoms with Crippen molar-refractivity contribution in [3.8, 4) is 0 Å². The van der Waals surface area contributed by atoms with E-state index in [1.165, 1.54) is 0 Å². The van der Waals surface area contributed by atoms with Crippen LogP contribution in [-0.4, -0.2) is 23.3 Å². The first kappa shape index (κ1) is 18.7. The molecule has 0 fully saturated rings. The van der Waals surface area contributed by atoms with Crippen LogP contribution in [-0.2, 0) is 22.4 Å². The molecule has 25 heavy (non-hydrogen) atoms. The zero-order valence-corrected chi connectivity index (χ0v) is 14.0. The van der Waals surface area contributed by atoms with Gasteiger partial charge in [-0.15, -0.1) is 0 Å². The van der Waals surface area contributed by atoms with Gasteiger partial charge in [-0.3, -0.25) is 9.59 Å². The lowest BCUT2D eigenvalue weighted by molar-refractivity contribution is -0.119. The van der Waals surface area contributed by atoms with Crippen LogP contribution < -0.4 is 10.6 Å². The second-order valence-electron chi connectivity index (χ2n) is 5.39. The average molecular weight is 362 g/mol. The fourth-order valence-corrected chi connectivity index (χ4v) is 2.36. The fourth-order valence-electron chi connectivity index (χ4n) is 2.18. The van der Waals surface area contributed by atoms with Gasteiger partial charge in [-0.05, 0) is 35.5 Å². The number of benzene rings is 2. The van der Waals surface area contributed by atoms with E-state index >= 15 is 0 Å². The summed E-state index contributed by atoms with van der Waals surface area (Å²) in [6, 6.07) is 12.1. The maximum atomic E-state index is 13.1. The SMILES string of the molecule is O=C(CNC(=S)NC(=O)Cc1ccccc1)Cc1cc(F)cc(F)c1. The van der Waals surface area contributed by atoms with Gasteiger partial charge in [0.05, 0.1) is 13.0 Å². The summed E-state index contributed by atoms with van der Waals surface area (Å²) in [4.78, 5) is 23.7. The standard InChI is InChI=1S/C18H16F2N2O2S/c19-14-6-13(7-15(20)10-14)8-16(23)11-21-18(25)22-17(24)9-12-4-2-1-3-5-12/h1-7,10H,8-9,11H2,(H2,21,22,24,25). The number of nitrogens with one attached hydrogen (secondary N) is 2. The lowest BCUT2D eigenvalue weighted by atomic mass is 10.1. The third-order valence-electron chi connectivity index (χ3n) is 3.23. The van der Waals surface area contributed by atoms with Gasteiger partial charge in [0.2, 0.25) is 5.91 Å². The van der Waals surface area contributed by atoms with Crippen molar-refractivity contribution < 1.29 is 18.4 Å². The molecule has 0 aliphatic rings. The minimum absolute atomic E-state index is 0.0275. The molecule has 0 aliphatic carbocycles. The summed E-state index contributed by atoms with van der Waals surface area (Å²) in [5.41, 5.74) is 1.08. The summed E-state index contributed by atoms with van der Waals surface area (Å²) in [6.07, 6.45) is 0.0292. The monoisotopic (exact) mass is 362 g/mol. The molecule has 2 rings (SSSR count). The van der Waals surface area contributed by atoms with Crippen LogP contribution in [0.3, 0.4) is 0 Å². The van der Waals surface area contributed by atoms with Crippen molar-refractivity contribution in [3.63, 3.8) is 0 Å². The normalized spacial score (nSPS) is 10.2. The molecule has 0 aromatic heterocycles. The van der Waals surface area contributed by atoms with Gasteiger partial charge < -0.3 is 10.6 Å². The Morgan fingerprint density at radius 1 is 0.920 bits per heavy atom. The van der Waals surface area contributed by atoms with E-state index in [9.17, 15) is 18.4 Å². The van der Waals surface area contributed by atoms with E-state index in [0.717, 1.165) is 23.8 Å². The first-order valence-electron chi connectivity index (χ1n) is 7.50. The quantitative estimate of drug-likeness (QED) is 0.775. The molecule has 0 heterocycles. The first-order chi connectivity index (χ1) is 11.9. The Labute approximate surface area is 149 Å². The zero-order valence-electron chi connectivity index (χ0n) is 13.2. The van der Waals surface area contributed by atoms with Crippen LogP contribution >= 0.6 is 12.2 Å². The minimum atomic E-state index is -0.737. The van der Waals surface area contributed by atoms with Gasteiger partial charge >= 0.3 is 0 Å². The molecular weight excluding hydrogens is 346 g/mol. The molecule has 0 atom stereocenters. The van der Waals surface area contributed by atoms with Crippen molar-refractivity contribution in [2.75, 3.05) is 6.54 Å². The summed E-state index contributed by atoms with van der Waals surface area (Å²) < 4.78 is 26.2. The summed E-state index contributed by atoms with van der Waals surface area (Å²) in [5.74, 6) is -2.09. The number of hydrogen-bond donors (Lipinski definition) is 2. The van der Waals surface area contributed by atoms with Crippen LogP contribution in [0.2, 0.25) is 0 Å². The van der Waals surface area contributed by atoms with Crippen molar-refractivity contribution >= 4 is 29.0 Å².